The average Bonchev–Trinajstić information content (AvgIpc) is 3.90. The van der Waals surface area contributed by atoms with E-state index in [0.717, 1.165) is 67.7 Å². The van der Waals surface area contributed by atoms with E-state index in [9.17, 15) is 0 Å². The summed E-state index contributed by atoms with van der Waals surface area (Å²) in [5.41, 5.74) is 19.7. The van der Waals surface area contributed by atoms with Gasteiger partial charge in [-0.25, -0.2) is 0 Å². The first-order chi connectivity index (χ1) is 32.3. The van der Waals surface area contributed by atoms with Crippen molar-refractivity contribution in [1.82, 2.24) is 0 Å². The molecule has 10 aromatic rings. The molecule has 3 heterocycles. The van der Waals surface area contributed by atoms with Crippen LogP contribution in [0.2, 0.25) is 0 Å². The van der Waals surface area contributed by atoms with Crippen molar-refractivity contribution in [2.45, 2.75) is 77.6 Å². The predicted molar refractivity (Wildman–Crippen MR) is 289 cm³/mol. The summed E-state index contributed by atoms with van der Waals surface area (Å²) in [6.07, 6.45) is 2.34. The Hall–Kier alpha value is -6.82. The van der Waals surface area contributed by atoms with E-state index in [2.05, 4.69) is 236 Å². The molecule has 2 aromatic heterocycles. The molecular weight excluding hydrogens is 832 g/mol. The van der Waals surface area contributed by atoms with E-state index in [1.807, 2.05) is 11.3 Å². The predicted octanol–water partition coefficient (Wildman–Crippen LogP) is 16.6. The van der Waals surface area contributed by atoms with Gasteiger partial charge in [-0.3, -0.25) is 0 Å². The van der Waals surface area contributed by atoms with Crippen LogP contribution in [0.4, 0.5) is 28.4 Å². The topological polar surface area (TPSA) is 28.4 Å². The highest BCUT2D eigenvalue weighted by molar-refractivity contribution is 7.29. The Morgan fingerprint density at radius 1 is 0.567 bits per heavy atom. The normalized spacial score (nSPS) is 15.0. The lowest BCUT2D eigenvalue weighted by molar-refractivity contribution is 0.332. The number of nitrogens with one attached hydrogen (secondary N) is 1. The molecule has 8 aromatic carbocycles. The van der Waals surface area contributed by atoms with Crippen LogP contribution in [0.5, 0.6) is 0 Å². The van der Waals surface area contributed by atoms with Crippen molar-refractivity contribution in [3.8, 4) is 33.4 Å². The number of para-hydroxylation sites is 1. The van der Waals surface area contributed by atoms with Gasteiger partial charge in [0.05, 0.1) is 17.1 Å². The fraction of sp³-hybridized carbons (Fsp3) is 0.194. The van der Waals surface area contributed by atoms with Gasteiger partial charge in [0.2, 0.25) is 7.28 Å². The SMILES string of the molecule is CC(C)(C)c1ccc(N2c3c(sc4ccccc34)[B]c3c(-c4ccc(-c5ccccc5)cc4Nc4ccc5c(c4)C(C)(C)CCC5(C)C)cc4c(oc5ccccc54)c32)c(-c2ccccc2)c1. The molecule has 0 atom stereocenters. The Bertz CT molecular complexity index is 3570. The molecule has 67 heavy (non-hydrogen) atoms. The molecule has 0 fully saturated rings. The second-order valence-corrected chi connectivity index (χ2v) is 22.2. The minimum atomic E-state index is -0.0472. The lowest BCUT2D eigenvalue weighted by Gasteiger charge is -2.42. The summed E-state index contributed by atoms with van der Waals surface area (Å²) < 4.78 is 9.61. The second-order valence-electron chi connectivity index (χ2n) is 21.1. The van der Waals surface area contributed by atoms with Crippen molar-refractivity contribution >= 4 is 89.3 Å². The molecule has 1 radical (unpaired) electrons. The highest BCUT2D eigenvalue weighted by atomic mass is 32.1. The maximum Gasteiger partial charge on any atom is 0.212 e. The van der Waals surface area contributed by atoms with E-state index in [1.54, 1.807) is 0 Å². The standard InChI is InChI=1S/C62H54BN2OS/c1-60(2,3)41-27-31-52(46(35-41)39-20-12-9-13-21-39)65-56-45-23-15-17-25-54(45)67-59(56)63-55-47(37-48-44-22-14-16-24-53(44)66-58(48)57(55)65)43-29-26-40(38-18-10-8-11-19-38)34-51(43)64-42-28-30-49-50(36-42)62(6,7)33-32-61(49,4)5/h8-31,34-37,64H,32-33H2,1-7H3. The second kappa shape index (κ2) is 15.4. The minimum absolute atomic E-state index is 0.0472. The molecule has 5 heteroatoms. The number of hydrogen-bond acceptors (Lipinski definition) is 4. The van der Waals surface area contributed by atoms with Gasteiger partial charge in [-0.05, 0) is 127 Å². The van der Waals surface area contributed by atoms with Crippen LogP contribution in [0.25, 0.3) is 65.4 Å². The molecular formula is C62H54BN2OS. The molecule has 1 aliphatic heterocycles. The molecule has 12 rings (SSSR count). The van der Waals surface area contributed by atoms with Crippen LogP contribution < -0.4 is 20.5 Å². The average molecular weight is 886 g/mol. The van der Waals surface area contributed by atoms with E-state index in [0.29, 0.717) is 0 Å². The van der Waals surface area contributed by atoms with Crippen molar-refractivity contribution in [3.63, 3.8) is 0 Å². The van der Waals surface area contributed by atoms with Crippen molar-refractivity contribution in [1.29, 1.82) is 0 Å². The Balaban J connectivity index is 1.16. The molecule has 0 spiro atoms. The van der Waals surface area contributed by atoms with Crippen molar-refractivity contribution in [2.75, 3.05) is 10.2 Å². The number of anilines is 5. The molecule has 1 N–H and O–H groups in total. The van der Waals surface area contributed by atoms with Crippen LogP contribution in [0.1, 0.15) is 78.0 Å². The van der Waals surface area contributed by atoms with Gasteiger partial charge in [-0.2, -0.15) is 0 Å². The number of fused-ring (bicyclic) bond motifs is 9. The molecule has 2 aliphatic rings. The Morgan fingerprint density at radius 2 is 1.25 bits per heavy atom. The van der Waals surface area contributed by atoms with Gasteiger partial charge < -0.3 is 14.6 Å². The summed E-state index contributed by atoms with van der Waals surface area (Å²) in [4.78, 5) is 2.55. The lowest BCUT2D eigenvalue weighted by atomic mass is 9.61. The van der Waals surface area contributed by atoms with E-state index in [4.69, 9.17) is 4.42 Å². The van der Waals surface area contributed by atoms with E-state index >= 15 is 0 Å². The number of nitrogens with zero attached hydrogens (tertiary/aromatic N) is 1. The number of furan rings is 1. The molecule has 3 nitrogen and oxygen atoms in total. The number of rotatable bonds is 6. The zero-order valence-electron chi connectivity index (χ0n) is 39.4. The molecule has 0 amide bonds. The lowest BCUT2D eigenvalue weighted by Crippen LogP contribution is -2.39. The summed E-state index contributed by atoms with van der Waals surface area (Å²) >= 11 is 1.86. The summed E-state index contributed by atoms with van der Waals surface area (Å²) in [7, 11) is 2.44. The van der Waals surface area contributed by atoms with E-state index in [-0.39, 0.29) is 16.2 Å². The number of hydrogen-bond donors (Lipinski definition) is 1. The number of benzene rings is 8. The molecule has 0 saturated heterocycles. The fourth-order valence-corrected chi connectivity index (χ4v) is 12.0. The van der Waals surface area contributed by atoms with Crippen LogP contribution in [0.3, 0.4) is 0 Å². The zero-order valence-corrected chi connectivity index (χ0v) is 40.2. The third-order valence-corrected chi connectivity index (χ3v) is 15.8. The molecule has 1 aliphatic carbocycles. The van der Waals surface area contributed by atoms with Gasteiger partial charge in [0.15, 0.2) is 5.58 Å². The Morgan fingerprint density at radius 3 is 2.01 bits per heavy atom. The molecule has 0 bridgehead atoms. The monoisotopic (exact) mass is 885 g/mol. The fourth-order valence-electron chi connectivity index (χ4n) is 10.9. The minimum Gasteiger partial charge on any atom is -0.454 e. The first-order valence-corrected chi connectivity index (χ1v) is 24.6. The van der Waals surface area contributed by atoms with Gasteiger partial charge in [0.25, 0.3) is 0 Å². The van der Waals surface area contributed by atoms with Gasteiger partial charge in [0.1, 0.15) is 5.58 Å². The van der Waals surface area contributed by atoms with E-state index in [1.165, 1.54) is 65.9 Å². The Kier molecular flexibility index (Phi) is 9.54. The summed E-state index contributed by atoms with van der Waals surface area (Å²) in [6, 6.07) is 62.7. The molecule has 0 saturated carbocycles. The van der Waals surface area contributed by atoms with Crippen LogP contribution in [0, 0.1) is 0 Å². The molecule has 0 unspecified atom stereocenters. The summed E-state index contributed by atoms with van der Waals surface area (Å²) in [5.74, 6) is 0. The quantitative estimate of drug-likeness (QED) is 0.169. The smallest absolute Gasteiger partial charge is 0.212 e. The van der Waals surface area contributed by atoms with Gasteiger partial charge >= 0.3 is 0 Å². The summed E-state index contributed by atoms with van der Waals surface area (Å²) in [6.45, 7) is 16.5. The first-order valence-electron chi connectivity index (χ1n) is 23.8. The highest BCUT2D eigenvalue weighted by Gasteiger charge is 2.38. The highest BCUT2D eigenvalue weighted by Crippen LogP contribution is 2.52. The Labute approximate surface area is 399 Å². The van der Waals surface area contributed by atoms with Crippen LogP contribution in [-0.4, -0.2) is 7.28 Å². The van der Waals surface area contributed by atoms with Gasteiger partial charge in [-0.1, -0.05) is 170 Å². The van der Waals surface area contributed by atoms with Crippen LogP contribution >= 0.6 is 11.3 Å². The zero-order chi connectivity index (χ0) is 45.8. The van der Waals surface area contributed by atoms with Crippen molar-refractivity contribution in [3.05, 3.63) is 187 Å². The van der Waals surface area contributed by atoms with Gasteiger partial charge in [-0.15, -0.1) is 11.3 Å². The van der Waals surface area contributed by atoms with Crippen LogP contribution in [0.15, 0.2) is 174 Å². The third-order valence-electron chi connectivity index (χ3n) is 14.7. The largest absolute Gasteiger partial charge is 0.454 e. The maximum atomic E-state index is 7.14. The van der Waals surface area contributed by atoms with Crippen LogP contribution in [-0.2, 0) is 16.2 Å². The first kappa shape index (κ1) is 41.6. The van der Waals surface area contributed by atoms with Crippen molar-refractivity contribution < 1.29 is 4.42 Å². The maximum absolute atomic E-state index is 7.14. The number of thiophene rings is 1. The van der Waals surface area contributed by atoms with Gasteiger partial charge in [0, 0.05) is 43.4 Å². The molecule has 327 valence electrons. The van der Waals surface area contributed by atoms with Crippen molar-refractivity contribution in [2.24, 2.45) is 0 Å². The van der Waals surface area contributed by atoms with E-state index < -0.39 is 0 Å². The summed E-state index contributed by atoms with van der Waals surface area (Å²) in [5, 5.41) is 7.49. The third kappa shape index (κ3) is 6.92.